The predicted octanol–water partition coefficient (Wildman–Crippen LogP) is 4.01. The van der Waals surface area contributed by atoms with Crippen molar-refractivity contribution in [1.29, 1.82) is 0 Å². The third kappa shape index (κ3) is 5.37. The number of hydrogen-bond donors (Lipinski definition) is 1. The van der Waals surface area contributed by atoms with E-state index < -0.39 is 15.7 Å². The standard InChI is InChI=1S/C26H31ClN4O4S/c1-36(34,35)22-14-23(29-26(33)19-3-2-4-20(27)13-19)25(28-15-22)30-9-7-17(8-10-30)12-24(32)31-16-18-5-6-21(31)11-18/h2-4,13-15,17-18,21H,5-12,16H2,1H3,(H,29,33)/t18?,21-/m0/s1. The summed E-state index contributed by atoms with van der Waals surface area (Å²) < 4.78 is 24.3. The van der Waals surface area contributed by atoms with Gasteiger partial charge in [0.25, 0.3) is 5.91 Å². The maximum absolute atomic E-state index is 12.9. The fourth-order valence-corrected chi connectivity index (χ4v) is 6.52. The van der Waals surface area contributed by atoms with Crippen LogP contribution in [-0.4, -0.2) is 62.0 Å². The number of carbonyl (C=O) groups excluding carboxylic acids is 2. The molecular weight excluding hydrogens is 500 g/mol. The lowest BCUT2D eigenvalue weighted by molar-refractivity contribution is -0.134. The number of halogens is 1. The molecule has 1 aromatic carbocycles. The van der Waals surface area contributed by atoms with E-state index in [4.69, 9.17) is 11.6 Å². The van der Waals surface area contributed by atoms with Crippen molar-refractivity contribution >= 4 is 44.8 Å². The highest BCUT2D eigenvalue weighted by Gasteiger charge is 2.40. The highest BCUT2D eigenvalue weighted by atomic mass is 35.5. The van der Waals surface area contributed by atoms with Gasteiger partial charge in [0.1, 0.15) is 0 Å². The highest BCUT2D eigenvalue weighted by Crippen LogP contribution is 2.38. The lowest BCUT2D eigenvalue weighted by Gasteiger charge is -2.35. The fraction of sp³-hybridized carbons (Fsp3) is 0.500. The lowest BCUT2D eigenvalue weighted by Crippen LogP contribution is -2.40. The van der Waals surface area contributed by atoms with Crippen LogP contribution < -0.4 is 10.2 Å². The zero-order valence-corrected chi connectivity index (χ0v) is 21.9. The summed E-state index contributed by atoms with van der Waals surface area (Å²) in [4.78, 5) is 34.4. The van der Waals surface area contributed by atoms with Crippen LogP contribution in [0.5, 0.6) is 0 Å². The zero-order valence-electron chi connectivity index (χ0n) is 20.3. The number of sulfone groups is 1. The summed E-state index contributed by atoms with van der Waals surface area (Å²) in [5.41, 5.74) is 0.705. The van der Waals surface area contributed by atoms with E-state index in [1.165, 1.54) is 25.1 Å². The van der Waals surface area contributed by atoms with Gasteiger partial charge in [0.2, 0.25) is 5.91 Å². The molecule has 192 valence electrons. The third-order valence-electron chi connectivity index (χ3n) is 7.71. The molecule has 2 amide bonds. The van der Waals surface area contributed by atoms with Crippen molar-refractivity contribution in [3.05, 3.63) is 47.1 Å². The van der Waals surface area contributed by atoms with Crippen LogP contribution in [0.15, 0.2) is 41.4 Å². The minimum atomic E-state index is -3.51. The van der Waals surface area contributed by atoms with E-state index in [-0.39, 0.29) is 10.8 Å². The Morgan fingerprint density at radius 3 is 2.56 bits per heavy atom. The van der Waals surface area contributed by atoms with Gasteiger partial charge in [-0.3, -0.25) is 9.59 Å². The third-order valence-corrected chi connectivity index (χ3v) is 9.03. The monoisotopic (exact) mass is 530 g/mol. The summed E-state index contributed by atoms with van der Waals surface area (Å²) in [5.74, 6) is 1.42. The van der Waals surface area contributed by atoms with Gasteiger partial charge >= 0.3 is 0 Å². The molecule has 1 unspecified atom stereocenters. The van der Waals surface area contributed by atoms with Crippen LogP contribution in [0.4, 0.5) is 11.5 Å². The van der Waals surface area contributed by atoms with E-state index in [9.17, 15) is 18.0 Å². The predicted molar refractivity (Wildman–Crippen MR) is 139 cm³/mol. The Hall–Kier alpha value is -2.65. The molecule has 2 saturated heterocycles. The topological polar surface area (TPSA) is 99.7 Å². The Labute approximate surface area is 216 Å². The van der Waals surface area contributed by atoms with E-state index >= 15 is 0 Å². The van der Waals surface area contributed by atoms with Crippen molar-refractivity contribution in [2.75, 3.05) is 36.1 Å². The number of carbonyl (C=O) groups is 2. The van der Waals surface area contributed by atoms with Crippen LogP contribution >= 0.6 is 11.6 Å². The van der Waals surface area contributed by atoms with Gasteiger partial charge < -0.3 is 15.1 Å². The first-order chi connectivity index (χ1) is 17.2. The normalized spacial score (nSPS) is 22.2. The number of rotatable bonds is 6. The molecule has 2 bridgehead atoms. The summed E-state index contributed by atoms with van der Waals surface area (Å²) in [7, 11) is -3.51. The van der Waals surface area contributed by atoms with E-state index in [1.54, 1.807) is 24.3 Å². The number of piperidine rings is 2. The summed E-state index contributed by atoms with van der Waals surface area (Å²) in [6.45, 7) is 2.28. The molecule has 2 aliphatic heterocycles. The number of hydrogen-bond acceptors (Lipinski definition) is 6. The molecule has 1 N–H and O–H groups in total. The number of nitrogens with zero attached hydrogens (tertiary/aromatic N) is 3. The van der Waals surface area contributed by atoms with Crippen LogP contribution in [0.2, 0.25) is 5.02 Å². The number of fused-ring (bicyclic) bond motifs is 2. The molecule has 8 nitrogen and oxygen atoms in total. The number of aromatic nitrogens is 1. The van der Waals surface area contributed by atoms with Crippen molar-refractivity contribution in [2.24, 2.45) is 11.8 Å². The van der Waals surface area contributed by atoms with Gasteiger partial charge in [-0.05, 0) is 68.2 Å². The molecule has 2 atom stereocenters. The second-order valence-corrected chi connectivity index (χ2v) is 12.7. The van der Waals surface area contributed by atoms with E-state index in [0.717, 1.165) is 32.1 Å². The van der Waals surface area contributed by atoms with Crippen LogP contribution in [0.25, 0.3) is 0 Å². The molecule has 3 fully saturated rings. The molecular formula is C26H31ClN4O4S. The molecule has 3 heterocycles. The second-order valence-electron chi connectivity index (χ2n) is 10.3. The molecule has 0 radical (unpaired) electrons. The number of likely N-dealkylation sites (tertiary alicyclic amines) is 1. The quantitative estimate of drug-likeness (QED) is 0.606. The number of pyridine rings is 1. The molecule has 3 aliphatic rings. The van der Waals surface area contributed by atoms with Crippen molar-refractivity contribution in [2.45, 2.75) is 49.5 Å². The number of benzene rings is 1. The maximum atomic E-state index is 12.9. The molecule has 0 spiro atoms. The van der Waals surface area contributed by atoms with Crippen LogP contribution in [-0.2, 0) is 14.6 Å². The second kappa shape index (κ2) is 10.0. The average molecular weight is 531 g/mol. The van der Waals surface area contributed by atoms with Crippen LogP contribution in [0.1, 0.15) is 48.9 Å². The van der Waals surface area contributed by atoms with Gasteiger partial charge in [0, 0.05) is 55.1 Å². The number of amides is 2. The SMILES string of the molecule is CS(=O)(=O)c1cnc(N2CCC(CC(=O)N3CC4CC[C@H]3C4)CC2)c(NC(=O)c2cccc(Cl)c2)c1. The van der Waals surface area contributed by atoms with Crippen molar-refractivity contribution in [1.82, 2.24) is 9.88 Å². The van der Waals surface area contributed by atoms with Gasteiger partial charge in [-0.15, -0.1) is 0 Å². The average Bonchev–Trinajstić information content (AvgIpc) is 3.48. The first kappa shape index (κ1) is 25.0. The van der Waals surface area contributed by atoms with Crippen molar-refractivity contribution in [3.63, 3.8) is 0 Å². The Morgan fingerprint density at radius 2 is 1.92 bits per heavy atom. The molecule has 2 aromatic rings. The van der Waals surface area contributed by atoms with Gasteiger partial charge in [-0.25, -0.2) is 13.4 Å². The first-order valence-electron chi connectivity index (χ1n) is 12.5. The molecule has 1 aromatic heterocycles. The summed E-state index contributed by atoms with van der Waals surface area (Å²) >= 11 is 6.03. The molecule has 10 heteroatoms. The minimum absolute atomic E-state index is 0.0352. The van der Waals surface area contributed by atoms with E-state index in [2.05, 4.69) is 20.1 Å². The molecule has 36 heavy (non-hydrogen) atoms. The summed E-state index contributed by atoms with van der Waals surface area (Å²) in [6.07, 6.45) is 8.27. The largest absolute Gasteiger partial charge is 0.355 e. The summed E-state index contributed by atoms with van der Waals surface area (Å²) in [5, 5.41) is 3.27. The zero-order chi connectivity index (χ0) is 25.4. The Kier molecular flexibility index (Phi) is 6.96. The van der Waals surface area contributed by atoms with Crippen molar-refractivity contribution < 1.29 is 18.0 Å². The Balaban J connectivity index is 1.28. The van der Waals surface area contributed by atoms with Gasteiger partial charge in [-0.1, -0.05) is 17.7 Å². The highest BCUT2D eigenvalue weighted by molar-refractivity contribution is 7.90. The fourth-order valence-electron chi connectivity index (χ4n) is 5.75. The summed E-state index contributed by atoms with van der Waals surface area (Å²) in [6, 6.07) is 8.47. The van der Waals surface area contributed by atoms with Gasteiger partial charge in [0.15, 0.2) is 15.7 Å². The maximum Gasteiger partial charge on any atom is 0.255 e. The molecule has 1 aliphatic carbocycles. The first-order valence-corrected chi connectivity index (χ1v) is 14.8. The number of nitrogens with one attached hydrogen (secondary N) is 1. The minimum Gasteiger partial charge on any atom is -0.355 e. The lowest BCUT2D eigenvalue weighted by atomic mass is 9.92. The van der Waals surface area contributed by atoms with Crippen LogP contribution in [0, 0.1) is 11.8 Å². The van der Waals surface area contributed by atoms with Gasteiger partial charge in [-0.2, -0.15) is 0 Å². The Bertz CT molecular complexity index is 1280. The van der Waals surface area contributed by atoms with Gasteiger partial charge in [0.05, 0.1) is 10.6 Å². The van der Waals surface area contributed by atoms with E-state index in [1.807, 2.05) is 0 Å². The van der Waals surface area contributed by atoms with Crippen molar-refractivity contribution in [3.8, 4) is 0 Å². The Morgan fingerprint density at radius 1 is 1.14 bits per heavy atom. The van der Waals surface area contributed by atoms with E-state index in [0.29, 0.717) is 59.5 Å². The smallest absolute Gasteiger partial charge is 0.255 e. The number of anilines is 2. The van der Waals surface area contributed by atoms with Crippen LogP contribution in [0.3, 0.4) is 0 Å². The molecule has 1 saturated carbocycles. The molecule has 5 rings (SSSR count).